The zero-order chi connectivity index (χ0) is 53.2. The van der Waals surface area contributed by atoms with Crippen molar-refractivity contribution in [3.8, 4) is 50.6 Å². The monoisotopic (exact) mass is 984 g/mol. The highest BCUT2D eigenvalue weighted by Gasteiger charge is 2.28. The van der Waals surface area contributed by atoms with Gasteiger partial charge in [0.25, 0.3) is 0 Å². The molecule has 0 saturated heterocycles. The third kappa shape index (κ3) is 10.8. The number of nitrogens with one attached hydrogen (secondary N) is 2. The van der Waals surface area contributed by atoms with Gasteiger partial charge in [0.05, 0.1) is 27.4 Å². The van der Waals surface area contributed by atoms with Crippen LogP contribution in [-0.2, 0) is 24.1 Å². The predicted octanol–water partition coefficient (Wildman–Crippen LogP) is 11.2. The first-order chi connectivity index (χ1) is 34.7. The fraction of sp³-hybridized carbons (Fsp3) is 0.365. The molecule has 6 aromatic carbocycles. The molecule has 0 saturated carbocycles. The second kappa shape index (κ2) is 22.5. The predicted molar refractivity (Wildman–Crippen MR) is 297 cm³/mol. The van der Waals surface area contributed by atoms with Crippen molar-refractivity contribution in [2.75, 3.05) is 28.4 Å². The van der Waals surface area contributed by atoms with E-state index in [-0.39, 0.29) is 40.3 Å². The van der Waals surface area contributed by atoms with Crippen LogP contribution in [-0.4, -0.2) is 34.3 Å². The lowest BCUT2D eigenvalue weighted by Crippen LogP contribution is -2.26. The third-order valence-electron chi connectivity index (χ3n) is 15.9. The summed E-state index contributed by atoms with van der Waals surface area (Å²) in [6.45, 7) is 20.9. The largest absolute Gasteiger partial charge is 0.493 e. The number of carbonyl (C=O) groups excluding carboxylic acids is 1. The van der Waals surface area contributed by atoms with Gasteiger partial charge in [0, 0.05) is 19.0 Å². The van der Waals surface area contributed by atoms with Gasteiger partial charge in [0.15, 0.2) is 17.2 Å². The van der Waals surface area contributed by atoms with Crippen molar-refractivity contribution in [1.29, 1.82) is 0 Å². The van der Waals surface area contributed by atoms with Crippen LogP contribution in [0.2, 0.25) is 0 Å². The zero-order valence-corrected chi connectivity index (χ0v) is 45.3. The highest BCUT2D eigenvalue weighted by Crippen LogP contribution is 2.43. The van der Waals surface area contributed by atoms with Crippen LogP contribution in [0.3, 0.4) is 0 Å². The van der Waals surface area contributed by atoms with E-state index in [2.05, 4.69) is 91.1 Å². The number of methoxy groups -OCH3 is 3. The molecule has 0 unspecified atom stereocenters. The molecule has 0 aromatic heterocycles. The third-order valence-corrected chi connectivity index (χ3v) is 15.9. The molecule has 0 fully saturated rings. The van der Waals surface area contributed by atoms with Gasteiger partial charge in [-0.05, 0) is 261 Å². The maximum absolute atomic E-state index is 12.5. The molecule has 0 heterocycles. The highest BCUT2D eigenvalue weighted by molar-refractivity contribution is 5.80. The number of benzene rings is 3. The number of amides is 1. The Bertz CT molecular complexity index is 3340. The van der Waals surface area contributed by atoms with E-state index in [1.165, 1.54) is 105 Å². The van der Waals surface area contributed by atoms with Gasteiger partial charge >= 0.3 is 0 Å². The van der Waals surface area contributed by atoms with Crippen LogP contribution >= 0.6 is 0 Å². The van der Waals surface area contributed by atoms with E-state index in [1.807, 2.05) is 25.2 Å². The molecule has 9 rings (SSSR count). The first-order valence-electron chi connectivity index (χ1n) is 25.4. The van der Waals surface area contributed by atoms with E-state index in [1.54, 1.807) is 43.5 Å². The molecule has 0 radical (unpaired) electrons. The van der Waals surface area contributed by atoms with Crippen LogP contribution in [0.1, 0.15) is 128 Å². The normalized spacial score (nSPS) is 16.0. The molecule has 0 spiro atoms. The van der Waals surface area contributed by atoms with Gasteiger partial charge in [-0.2, -0.15) is 0 Å². The van der Waals surface area contributed by atoms with Gasteiger partial charge in [-0.15, -0.1) is 0 Å². The fourth-order valence-electron chi connectivity index (χ4n) is 11.2. The van der Waals surface area contributed by atoms with Crippen molar-refractivity contribution in [3.63, 3.8) is 0 Å². The van der Waals surface area contributed by atoms with E-state index < -0.39 is 0 Å². The maximum Gasteiger partial charge on any atom is 0.220 e. The number of aryl methyl sites for hydroxylation is 6. The molecule has 3 aliphatic rings. The lowest BCUT2D eigenvalue weighted by Gasteiger charge is -2.18. The van der Waals surface area contributed by atoms with Crippen molar-refractivity contribution in [3.05, 3.63) is 187 Å². The minimum atomic E-state index is -0.195. The molecule has 382 valence electrons. The number of nitrogens with two attached hydrogens (primary N) is 1. The van der Waals surface area contributed by atoms with Crippen LogP contribution < -0.4 is 46.9 Å². The van der Waals surface area contributed by atoms with Gasteiger partial charge in [-0.25, -0.2) is 0 Å². The van der Waals surface area contributed by atoms with Crippen LogP contribution in [0.25, 0.3) is 33.4 Å². The maximum atomic E-state index is 12.5. The van der Waals surface area contributed by atoms with Crippen molar-refractivity contribution in [1.82, 2.24) is 10.6 Å². The summed E-state index contributed by atoms with van der Waals surface area (Å²) in [6.07, 6.45) is 5.37. The minimum absolute atomic E-state index is 0.0658. The van der Waals surface area contributed by atoms with Gasteiger partial charge < -0.3 is 30.6 Å². The van der Waals surface area contributed by atoms with Gasteiger partial charge in [-0.3, -0.25) is 19.2 Å². The SMILES string of the molecule is CN[C@H]1CCc2cc(C)c(C)c(C)c2-c2ccc(OC)c(=O)cc21.COc1ccc2c(cc1=O)[C@@H](N)CCc1cc(C)c(C)c(C)c1-2.COc1ccc2c(cc1=O)[C@@H](NC(C)=O)CCc1cc(C)c(C)c(C)c1-2. The zero-order valence-electron chi connectivity index (χ0n) is 45.3. The van der Waals surface area contributed by atoms with Crippen LogP contribution in [0, 0.1) is 62.3 Å². The van der Waals surface area contributed by atoms with Crippen molar-refractivity contribution < 1.29 is 19.0 Å². The Hall–Kier alpha value is -6.88. The van der Waals surface area contributed by atoms with Crippen molar-refractivity contribution in [2.24, 2.45) is 5.73 Å². The molecule has 10 nitrogen and oxygen atoms in total. The highest BCUT2D eigenvalue weighted by atomic mass is 16.5. The second-order valence-electron chi connectivity index (χ2n) is 20.1. The number of ether oxygens (including phenoxy) is 3. The van der Waals surface area contributed by atoms with Crippen LogP contribution in [0.5, 0.6) is 17.2 Å². The van der Waals surface area contributed by atoms with Crippen molar-refractivity contribution >= 4 is 5.91 Å². The Balaban J connectivity index is 0.000000161. The molecular weight excluding hydrogens is 911 g/mol. The Morgan fingerprint density at radius 3 is 1.16 bits per heavy atom. The number of hydrogen-bond donors (Lipinski definition) is 3. The summed E-state index contributed by atoms with van der Waals surface area (Å²) < 4.78 is 15.7. The smallest absolute Gasteiger partial charge is 0.220 e. The number of carbonyl (C=O) groups is 1. The average molecular weight is 984 g/mol. The Morgan fingerprint density at radius 1 is 0.479 bits per heavy atom. The Labute approximate surface area is 431 Å². The lowest BCUT2D eigenvalue weighted by atomic mass is 9.88. The molecule has 4 N–H and O–H groups in total. The average Bonchev–Trinajstić information content (AvgIpc) is 3.86. The van der Waals surface area contributed by atoms with E-state index in [0.29, 0.717) is 17.2 Å². The summed E-state index contributed by atoms with van der Waals surface area (Å²) in [5, 5.41) is 6.40. The molecule has 6 aromatic rings. The van der Waals surface area contributed by atoms with Crippen molar-refractivity contribution in [2.45, 2.75) is 126 Å². The number of rotatable bonds is 5. The Kier molecular flexibility index (Phi) is 16.6. The minimum Gasteiger partial charge on any atom is -0.493 e. The summed E-state index contributed by atoms with van der Waals surface area (Å²) in [7, 11) is 6.53. The summed E-state index contributed by atoms with van der Waals surface area (Å²) in [5.41, 5.74) is 31.3. The van der Waals surface area contributed by atoms with Gasteiger partial charge in [-0.1, -0.05) is 36.4 Å². The standard InChI is InChI=1S/C22H25NO3.C21H25NO2.C20H23NO2/c1-12-10-16-6-8-19(23-15(4)24)18-11-20(25)21(26-5)9-7-17(18)22(16)14(3)13(12)2;1-12-10-15-6-8-18(22-4)17-11-19(23)20(24-5)9-7-16(17)21(15)14(3)13(12)2;1-11-9-14-5-7-17(21)16-10-18(22)19(23-4)8-6-15(16)20(14)13(3)12(11)2/h7,9-11,19H,6,8H2,1-5H3,(H,23,24);7,9-11,18,22H,6,8H2,1-5H3;6,8-10,17H,5,7,21H2,1-4H3/t19-;18-;17-/m000/s1. The van der Waals surface area contributed by atoms with Gasteiger partial charge in [0.1, 0.15) is 0 Å². The van der Waals surface area contributed by atoms with Crippen LogP contribution in [0.15, 0.2) is 87.2 Å². The fourth-order valence-corrected chi connectivity index (χ4v) is 11.2. The Morgan fingerprint density at radius 2 is 0.808 bits per heavy atom. The van der Waals surface area contributed by atoms with E-state index in [4.69, 9.17) is 19.9 Å². The summed E-state index contributed by atoms with van der Waals surface area (Å²) >= 11 is 0. The quantitative estimate of drug-likeness (QED) is 0.154. The molecule has 3 atom stereocenters. The van der Waals surface area contributed by atoms with E-state index >= 15 is 0 Å². The molecular formula is C63H73N3O7. The molecule has 0 bridgehead atoms. The summed E-state index contributed by atoms with van der Waals surface area (Å²) in [4.78, 5) is 49.1. The molecule has 0 aliphatic heterocycles. The molecule has 1 amide bonds. The topological polar surface area (TPSA) is 146 Å². The first-order valence-corrected chi connectivity index (χ1v) is 25.4. The molecule has 10 heteroatoms. The second-order valence-corrected chi connectivity index (χ2v) is 20.1. The summed E-state index contributed by atoms with van der Waals surface area (Å²) in [5.74, 6) is 0.957. The van der Waals surface area contributed by atoms with E-state index in [9.17, 15) is 19.2 Å². The number of fused-ring (bicyclic) bond motifs is 9. The summed E-state index contributed by atoms with van der Waals surface area (Å²) in [6, 6.07) is 23.0. The van der Waals surface area contributed by atoms with Crippen LogP contribution in [0.4, 0.5) is 0 Å². The van der Waals surface area contributed by atoms with Gasteiger partial charge in [0.2, 0.25) is 22.2 Å². The van der Waals surface area contributed by atoms with E-state index in [0.717, 1.165) is 71.9 Å². The molecule has 73 heavy (non-hydrogen) atoms. The number of hydrogen-bond acceptors (Lipinski definition) is 9. The molecule has 3 aliphatic carbocycles. The first kappa shape index (κ1) is 53.9. The lowest BCUT2D eigenvalue weighted by molar-refractivity contribution is -0.119.